The van der Waals surface area contributed by atoms with Crippen molar-refractivity contribution in [3.05, 3.63) is 28.7 Å². The summed E-state index contributed by atoms with van der Waals surface area (Å²) in [7, 11) is 0. The first kappa shape index (κ1) is 16.1. The van der Waals surface area contributed by atoms with Crippen molar-refractivity contribution < 1.29 is 9.59 Å². The molecule has 1 heterocycles. The van der Waals surface area contributed by atoms with Gasteiger partial charge in [0.1, 0.15) is 6.54 Å². The van der Waals surface area contributed by atoms with Crippen molar-refractivity contribution in [2.75, 3.05) is 13.1 Å². The maximum Gasteiger partial charge on any atom is 0.244 e. The number of likely N-dealkylation sites (N-methyl/N-ethyl adjacent to an activating group) is 1. The monoisotopic (exact) mass is 366 g/mol. The Morgan fingerprint density at radius 3 is 2.73 bits per heavy atom. The van der Waals surface area contributed by atoms with Gasteiger partial charge >= 0.3 is 0 Å². The van der Waals surface area contributed by atoms with E-state index in [9.17, 15) is 9.59 Å². The number of rotatable bonds is 6. The maximum absolute atomic E-state index is 11.7. The fourth-order valence-corrected chi connectivity index (χ4v) is 2.15. The van der Waals surface area contributed by atoms with Crippen LogP contribution in [0.3, 0.4) is 0 Å². The molecule has 2 aromatic rings. The van der Waals surface area contributed by atoms with E-state index in [0.717, 1.165) is 10.0 Å². The zero-order valence-corrected chi connectivity index (χ0v) is 13.5. The third-order valence-electron chi connectivity index (χ3n) is 2.67. The molecule has 0 atom stereocenters. The Bertz CT molecular complexity index is 672. The normalized spacial score (nSPS) is 10.3. The van der Waals surface area contributed by atoms with Gasteiger partial charge in [-0.2, -0.15) is 4.80 Å². The summed E-state index contributed by atoms with van der Waals surface area (Å²) >= 11 is 3.41. The van der Waals surface area contributed by atoms with E-state index in [-0.39, 0.29) is 24.9 Å². The highest BCUT2D eigenvalue weighted by atomic mass is 79.9. The highest BCUT2D eigenvalue weighted by Gasteiger charge is 2.11. The van der Waals surface area contributed by atoms with E-state index < -0.39 is 0 Å². The number of aromatic nitrogens is 4. The molecule has 116 valence electrons. The van der Waals surface area contributed by atoms with E-state index in [0.29, 0.717) is 12.4 Å². The van der Waals surface area contributed by atoms with Crippen LogP contribution in [0.5, 0.6) is 0 Å². The zero-order valence-electron chi connectivity index (χ0n) is 11.9. The van der Waals surface area contributed by atoms with Gasteiger partial charge in [-0.1, -0.05) is 28.1 Å². The van der Waals surface area contributed by atoms with Crippen LogP contribution in [0, 0.1) is 0 Å². The zero-order chi connectivity index (χ0) is 15.9. The van der Waals surface area contributed by atoms with Crippen LogP contribution in [0.4, 0.5) is 0 Å². The minimum absolute atomic E-state index is 0.0710. The minimum Gasteiger partial charge on any atom is -0.355 e. The van der Waals surface area contributed by atoms with Crippen LogP contribution in [-0.2, 0) is 16.1 Å². The van der Waals surface area contributed by atoms with E-state index in [1.807, 2.05) is 31.2 Å². The second-order valence-corrected chi connectivity index (χ2v) is 5.21. The van der Waals surface area contributed by atoms with Crippen LogP contribution in [-0.4, -0.2) is 45.1 Å². The molecule has 2 N–H and O–H groups in total. The SMILES string of the molecule is CCNC(=O)CNC(=O)Cn1nnc(-c2ccccc2Br)n1. The molecule has 9 heteroatoms. The Balaban J connectivity index is 1.94. The third kappa shape index (κ3) is 4.35. The summed E-state index contributed by atoms with van der Waals surface area (Å²) in [6.07, 6.45) is 0. The maximum atomic E-state index is 11.7. The lowest BCUT2D eigenvalue weighted by Gasteiger charge is -2.04. The minimum atomic E-state index is -0.359. The number of nitrogens with one attached hydrogen (secondary N) is 2. The van der Waals surface area contributed by atoms with Crippen LogP contribution < -0.4 is 10.6 Å². The molecule has 0 aliphatic heterocycles. The average molecular weight is 367 g/mol. The van der Waals surface area contributed by atoms with Gasteiger partial charge in [-0.15, -0.1) is 10.2 Å². The Kier molecular flexibility index (Phi) is 5.59. The Labute approximate surface area is 135 Å². The van der Waals surface area contributed by atoms with Crippen molar-refractivity contribution in [3.8, 4) is 11.4 Å². The molecule has 0 spiro atoms. The van der Waals surface area contributed by atoms with Gasteiger partial charge in [0.25, 0.3) is 0 Å². The summed E-state index contributed by atoms with van der Waals surface area (Å²) in [6, 6.07) is 7.46. The lowest BCUT2D eigenvalue weighted by atomic mass is 10.2. The first-order chi connectivity index (χ1) is 10.6. The summed E-state index contributed by atoms with van der Waals surface area (Å²) in [5.74, 6) is -0.178. The van der Waals surface area contributed by atoms with Crippen molar-refractivity contribution in [2.24, 2.45) is 0 Å². The molecule has 2 amide bonds. The van der Waals surface area contributed by atoms with Crippen LogP contribution in [0.1, 0.15) is 6.92 Å². The molecule has 22 heavy (non-hydrogen) atoms. The molecule has 0 saturated carbocycles. The summed E-state index contributed by atoms with van der Waals surface area (Å²) in [5, 5.41) is 17.0. The van der Waals surface area contributed by atoms with Crippen LogP contribution in [0.2, 0.25) is 0 Å². The fourth-order valence-electron chi connectivity index (χ4n) is 1.68. The van der Waals surface area contributed by atoms with E-state index in [2.05, 4.69) is 42.0 Å². The van der Waals surface area contributed by atoms with Crippen LogP contribution in [0.15, 0.2) is 28.7 Å². The predicted molar refractivity (Wildman–Crippen MR) is 82.6 cm³/mol. The molecule has 0 unspecified atom stereocenters. The molecule has 0 aliphatic rings. The molecule has 1 aromatic carbocycles. The largest absolute Gasteiger partial charge is 0.355 e. The summed E-state index contributed by atoms with van der Waals surface area (Å²) < 4.78 is 0.843. The second-order valence-electron chi connectivity index (χ2n) is 4.35. The molecular formula is C13H15BrN6O2. The highest BCUT2D eigenvalue weighted by molar-refractivity contribution is 9.10. The molecule has 1 aromatic heterocycles. The van der Waals surface area contributed by atoms with E-state index in [1.165, 1.54) is 4.80 Å². The van der Waals surface area contributed by atoms with Gasteiger partial charge in [-0.05, 0) is 24.3 Å². The number of carbonyl (C=O) groups is 2. The van der Waals surface area contributed by atoms with Gasteiger partial charge in [0.05, 0.1) is 6.54 Å². The predicted octanol–water partition coefficient (Wildman–Crippen LogP) is 0.355. The summed E-state index contributed by atoms with van der Waals surface area (Å²) in [5.41, 5.74) is 0.788. The topological polar surface area (TPSA) is 102 Å². The smallest absolute Gasteiger partial charge is 0.244 e. The molecule has 0 bridgehead atoms. The molecule has 0 saturated heterocycles. The van der Waals surface area contributed by atoms with Crippen molar-refractivity contribution >= 4 is 27.7 Å². The van der Waals surface area contributed by atoms with E-state index in [1.54, 1.807) is 0 Å². The van der Waals surface area contributed by atoms with Crippen molar-refractivity contribution in [1.29, 1.82) is 0 Å². The Morgan fingerprint density at radius 1 is 1.23 bits per heavy atom. The molecular weight excluding hydrogens is 352 g/mol. The Morgan fingerprint density at radius 2 is 2.00 bits per heavy atom. The number of carbonyl (C=O) groups excluding carboxylic acids is 2. The Hall–Kier alpha value is -2.29. The number of nitrogens with zero attached hydrogens (tertiary/aromatic N) is 4. The quantitative estimate of drug-likeness (QED) is 0.768. The fraction of sp³-hybridized carbons (Fsp3) is 0.308. The van der Waals surface area contributed by atoms with Crippen molar-refractivity contribution in [1.82, 2.24) is 30.8 Å². The number of amides is 2. The molecule has 0 aliphatic carbocycles. The molecule has 0 radical (unpaired) electrons. The number of halogens is 1. The first-order valence-electron chi connectivity index (χ1n) is 6.66. The number of benzene rings is 1. The standard InChI is InChI=1S/C13H15BrN6O2/c1-2-15-11(21)7-16-12(22)8-20-18-13(17-19-20)9-5-3-4-6-10(9)14/h3-6H,2,7-8H2,1H3,(H,15,21)(H,16,22). The van der Waals surface area contributed by atoms with E-state index >= 15 is 0 Å². The molecule has 0 fully saturated rings. The molecule has 8 nitrogen and oxygen atoms in total. The lowest BCUT2D eigenvalue weighted by molar-refractivity contribution is -0.126. The summed E-state index contributed by atoms with van der Waals surface area (Å²) in [6.45, 7) is 2.16. The second kappa shape index (κ2) is 7.64. The van der Waals surface area contributed by atoms with Gasteiger partial charge in [0.2, 0.25) is 17.6 Å². The van der Waals surface area contributed by atoms with Gasteiger partial charge < -0.3 is 10.6 Å². The van der Waals surface area contributed by atoms with Gasteiger partial charge in [0, 0.05) is 16.6 Å². The van der Waals surface area contributed by atoms with Crippen LogP contribution in [0.25, 0.3) is 11.4 Å². The number of tetrazole rings is 1. The summed E-state index contributed by atoms with van der Waals surface area (Å²) in [4.78, 5) is 24.1. The van der Waals surface area contributed by atoms with Crippen molar-refractivity contribution in [2.45, 2.75) is 13.5 Å². The van der Waals surface area contributed by atoms with Crippen molar-refractivity contribution in [3.63, 3.8) is 0 Å². The average Bonchev–Trinajstić information content (AvgIpc) is 2.94. The van der Waals surface area contributed by atoms with Crippen LogP contribution >= 0.6 is 15.9 Å². The molecule has 2 rings (SSSR count). The third-order valence-corrected chi connectivity index (χ3v) is 3.36. The first-order valence-corrected chi connectivity index (χ1v) is 7.45. The van der Waals surface area contributed by atoms with Gasteiger partial charge in [-0.25, -0.2) is 0 Å². The number of hydrogen-bond acceptors (Lipinski definition) is 5. The van der Waals surface area contributed by atoms with Gasteiger partial charge in [0.15, 0.2) is 0 Å². The lowest BCUT2D eigenvalue weighted by Crippen LogP contribution is -2.38. The highest BCUT2D eigenvalue weighted by Crippen LogP contribution is 2.23. The van der Waals surface area contributed by atoms with E-state index in [4.69, 9.17) is 0 Å². The van der Waals surface area contributed by atoms with Gasteiger partial charge in [-0.3, -0.25) is 9.59 Å². The number of hydrogen-bond donors (Lipinski definition) is 2.